The summed E-state index contributed by atoms with van der Waals surface area (Å²) >= 11 is 11.9. The van der Waals surface area contributed by atoms with Crippen molar-refractivity contribution in [3.05, 3.63) is 58.1 Å². The lowest BCUT2D eigenvalue weighted by molar-refractivity contribution is -0.0498. The highest BCUT2D eigenvalue weighted by atomic mass is 35.5. The quantitative estimate of drug-likeness (QED) is 0.336. The number of rotatable bonds is 4. The third kappa shape index (κ3) is 4.79. The van der Waals surface area contributed by atoms with Crippen molar-refractivity contribution >= 4 is 40.7 Å². The maximum Gasteiger partial charge on any atom is 0.387 e. The molecule has 28 heavy (non-hydrogen) atoms. The number of alkyl halides is 2. The fraction of sp³-hybridized carbons (Fsp3) is 0.118. The van der Waals surface area contributed by atoms with Gasteiger partial charge < -0.3 is 4.74 Å². The van der Waals surface area contributed by atoms with E-state index in [4.69, 9.17) is 28.5 Å². The summed E-state index contributed by atoms with van der Waals surface area (Å²) in [6, 6.07) is 10.8. The zero-order valence-corrected chi connectivity index (χ0v) is 15.5. The van der Waals surface area contributed by atoms with Gasteiger partial charge in [-0.05, 0) is 30.3 Å². The Labute approximate surface area is 168 Å². The van der Waals surface area contributed by atoms with Crippen molar-refractivity contribution in [3.8, 4) is 11.9 Å². The SMILES string of the molecule is N#CNC(=Nc1cccc(OC(F)F)c1)N1CN=C(c2ccc(Cl)c(Cl)c2)N1. The minimum Gasteiger partial charge on any atom is -0.435 e. The van der Waals surface area contributed by atoms with Crippen molar-refractivity contribution in [2.75, 3.05) is 6.67 Å². The van der Waals surface area contributed by atoms with Crippen LogP contribution in [0.3, 0.4) is 0 Å². The lowest BCUT2D eigenvalue weighted by atomic mass is 10.2. The number of hydrogen-bond donors (Lipinski definition) is 2. The Morgan fingerprint density at radius 1 is 1.29 bits per heavy atom. The van der Waals surface area contributed by atoms with Crippen molar-refractivity contribution in [2.24, 2.45) is 9.98 Å². The minimum atomic E-state index is -2.95. The molecule has 0 fully saturated rings. The minimum absolute atomic E-state index is 0.0466. The molecule has 2 aromatic carbocycles. The first-order valence-electron chi connectivity index (χ1n) is 7.79. The fourth-order valence-electron chi connectivity index (χ4n) is 2.32. The standard InChI is InChI=1S/C17H12Cl2F2N6O/c18-13-5-4-10(6-14(13)19)15-24-9-27(26-15)17(23-8-22)25-11-2-1-3-12(7-11)28-16(20)21/h1-7,16H,9H2,(H,23,25)(H,24,26). The van der Waals surface area contributed by atoms with Crippen molar-refractivity contribution in [1.82, 2.24) is 15.8 Å². The average molecular weight is 425 g/mol. The van der Waals surface area contributed by atoms with Crippen molar-refractivity contribution < 1.29 is 13.5 Å². The van der Waals surface area contributed by atoms with E-state index in [2.05, 4.69) is 25.5 Å². The molecule has 0 saturated carbocycles. The van der Waals surface area contributed by atoms with E-state index in [9.17, 15) is 8.78 Å². The molecule has 0 saturated heterocycles. The largest absolute Gasteiger partial charge is 0.435 e. The third-order valence-electron chi connectivity index (χ3n) is 3.51. The van der Waals surface area contributed by atoms with Gasteiger partial charge in [-0.25, -0.2) is 15.0 Å². The zero-order chi connectivity index (χ0) is 20.1. The van der Waals surface area contributed by atoms with E-state index >= 15 is 0 Å². The van der Waals surface area contributed by atoms with Gasteiger partial charge in [0, 0.05) is 11.6 Å². The number of ether oxygens (including phenoxy) is 1. The number of nitrogens with zero attached hydrogens (tertiary/aromatic N) is 4. The smallest absolute Gasteiger partial charge is 0.387 e. The molecule has 2 N–H and O–H groups in total. The molecular formula is C17H12Cl2F2N6O. The van der Waals surface area contributed by atoms with Crippen LogP contribution in [0.4, 0.5) is 14.5 Å². The lowest BCUT2D eigenvalue weighted by Gasteiger charge is -2.19. The molecule has 0 spiro atoms. The highest BCUT2D eigenvalue weighted by Crippen LogP contribution is 2.24. The van der Waals surface area contributed by atoms with Gasteiger partial charge in [-0.15, -0.1) is 0 Å². The molecule has 1 aliphatic heterocycles. The maximum absolute atomic E-state index is 12.4. The fourth-order valence-corrected chi connectivity index (χ4v) is 2.61. The number of guanidine groups is 1. The van der Waals surface area contributed by atoms with Gasteiger partial charge in [-0.2, -0.15) is 14.0 Å². The predicted molar refractivity (Wildman–Crippen MR) is 102 cm³/mol. The van der Waals surface area contributed by atoms with Crippen LogP contribution in [0.1, 0.15) is 5.56 Å². The summed E-state index contributed by atoms with van der Waals surface area (Å²) in [6.45, 7) is -2.80. The van der Waals surface area contributed by atoms with Crippen LogP contribution in [0.2, 0.25) is 10.0 Å². The van der Waals surface area contributed by atoms with Crippen LogP contribution < -0.4 is 15.5 Å². The topological polar surface area (TPSA) is 85.0 Å². The van der Waals surface area contributed by atoms with Crippen LogP contribution >= 0.6 is 23.2 Å². The predicted octanol–water partition coefficient (Wildman–Crippen LogP) is 3.88. The molecule has 0 radical (unpaired) electrons. The van der Waals surface area contributed by atoms with Gasteiger partial charge in [-0.3, -0.25) is 10.7 Å². The molecule has 0 amide bonds. The molecule has 0 aromatic heterocycles. The first kappa shape index (κ1) is 19.7. The molecule has 0 atom stereocenters. The normalized spacial score (nSPS) is 13.8. The van der Waals surface area contributed by atoms with Crippen molar-refractivity contribution in [3.63, 3.8) is 0 Å². The van der Waals surface area contributed by atoms with E-state index in [0.29, 0.717) is 27.1 Å². The summed E-state index contributed by atoms with van der Waals surface area (Å²) in [7, 11) is 0. The van der Waals surface area contributed by atoms with Gasteiger partial charge in [0.25, 0.3) is 0 Å². The molecule has 0 unspecified atom stereocenters. The van der Waals surface area contributed by atoms with Crippen molar-refractivity contribution in [2.45, 2.75) is 6.61 Å². The Morgan fingerprint density at radius 3 is 2.82 bits per heavy atom. The van der Waals surface area contributed by atoms with Crippen LogP contribution in [-0.2, 0) is 0 Å². The van der Waals surface area contributed by atoms with E-state index in [1.54, 1.807) is 30.5 Å². The second-order valence-corrected chi connectivity index (χ2v) is 6.18. The molecular weight excluding hydrogens is 413 g/mol. The van der Waals surface area contributed by atoms with Gasteiger partial charge in [0.15, 0.2) is 6.19 Å². The first-order chi connectivity index (χ1) is 13.5. The molecule has 144 valence electrons. The van der Waals surface area contributed by atoms with Crippen LogP contribution in [0.15, 0.2) is 52.4 Å². The van der Waals surface area contributed by atoms with E-state index < -0.39 is 6.61 Å². The van der Waals surface area contributed by atoms with E-state index in [-0.39, 0.29) is 18.4 Å². The van der Waals surface area contributed by atoms with Crippen LogP contribution in [0.25, 0.3) is 0 Å². The lowest BCUT2D eigenvalue weighted by Crippen LogP contribution is -2.46. The van der Waals surface area contributed by atoms with Crippen LogP contribution in [0, 0.1) is 11.5 Å². The summed E-state index contributed by atoms with van der Waals surface area (Å²) in [5.74, 6) is 0.575. The van der Waals surface area contributed by atoms with E-state index in [0.717, 1.165) is 0 Å². The Kier molecular flexibility index (Phi) is 6.13. The highest BCUT2D eigenvalue weighted by molar-refractivity contribution is 6.42. The maximum atomic E-state index is 12.4. The van der Waals surface area contributed by atoms with Crippen molar-refractivity contribution in [1.29, 1.82) is 5.26 Å². The second-order valence-electron chi connectivity index (χ2n) is 5.36. The van der Waals surface area contributed by atoms with Gasteiger partial charge in [0.05, 0.1) is 15.7 Å². The molecule has 0 aliphatic carbocycles. The Hall–Kier alpha value is -3.09. The summed E-state index contributed by atoms with van der Waals surface area (Å²) < 4.78 is 29.1. The Bertz CT molecular complexity index is 976. The summed E-state index contributed by atoms with van der Waals surface area (Å²) in [6.07, 6.45) is 1.78. The summed E-state index contributed by atoms with van der Waals surface area (Å²) in [5.41, 5.74) is 3.99. The second kappa shape index (κ2) is 8.73. The Balaban J connectivity index is 1.79. The number of benzene rings is 2. The average Bonchev–Trinajstić information content (AvgIpc) is 3.13. The van der Waals surface area contributed by atoms with E-state index in [1.807, 2.05) is 0 Å². The van der Waals surface area contributed by atoms with E-state index in [1.165, 1.54) is 23.2 Å². The molecule has 11 heteroatoms. The number of aliphatic imine (C=N–C) groups is 2. The molecule has 2 aromatic rings. The monoisotopic (exact) mass is 424 g/mol. The van der Waals surface area contributed by atoms with Gasteiger partial charge in [0.1, 0.15) is 18.3 Å². The summed E-state index contributed by atoms with van der Waals surface area (Å²) in [5, 5.41) is 13.7. The first-order valence-corrected chi connectivity index (χ1v) is 8.54. The van der Waals surface area contributed by atoms with Gasteiger partial charge >= 0.3 is 6.61 Å². The summed E-state index contributed by atoms with van der Waals surface area (Å²) in [4.78, 5) is 8.59. The molecule has 0 bridgehead atoms. The molecule has 7 nitrogen and oxygen atoms in total. The molecule has 1 aliphatic rings. The molecule has 3 rings (SSSR count). The number of nitriles is 1. The van der Waals surface area contributed by atoms with Gasteiger partial charge in [-0.1, -0.05) is 29.3 Å². The van der Waals surface area contributed by atoms with Crippen LogP contribution in [-0.4, -0.2) is 30.1 Å². The van der Waals surface area contributed by atoms with Gasteiger partial charge in [0.2, 0.25) is 5.96 Å². The number of hydrazine groups is 1. The number of amidine groups is 1. The van der Waals surface area contributed by atoms with Crippen LogP contribution in [0.5, 0.6) is 5.75 Å². The number of hydrogen-bond acceptors (Lipinski definition) is 5. The molecule has 1 heterocycles. The zero-order valence-electron chi connectivity index (χ0n) is 14.0. The number of halogens is 4. The highest BCUT2D eigenvalue weighted by Gasteiger charge is 2.20. The number of nitrogens with one attached hydrogen (secondary N) is 2. The Morgan fingerprint density at radius 2 is 2.11 bits per heavy atom. The third-order valence-corrected chi connectivity index (χ3v) is 4.24.